The second-order valence-electron chi connectivity index (χ2n) is 7.06. The molecule has 1 fully saturated rings. The Balaban J connectivity index is 2.12. The van der Waals surface area contributed by atoms with Crippen molar-refractivity contribution in [3.8, 4) is 0 Å². The summed E-state index contributed by atoms with van der Waals surface area (Å²) < 4.78 is 38.3. The number of amides is 1. The summed E-state index contributed by atoms with van der Waals surface area (Å²) in [6.07, 6.45) is -3.51. The molecule has 0 bridgehead atoms. The van der Waals surface area contributed by atoms with Gasteiger partial charge in [-0.15, -0.1) is 0 Å². The van der Waals surface area contributed by atoms with E-state index in [1.807, 2.05) is 25.8 Å². The van der Waals surface area contributed by atoms with Crippen LogP contribution in [0.1, 0.15) is 25.8 Å². The van der Waals surface area contributed by atoms with Crippen molar-refractivity contribution >= 4 is 23.2 Å². The topological polar surface area (TPSA) is 44.4 Å². The van der Waals surface area contributed by atoms with Crippen LogP contribution in [0.15, 0.2) is 18.2 Å². The smallest absolute Gasteiger partial charge is 0.372 e. The number of hydrogen-bond donors (Lipinski definition) is 2. The molecular weight excluding hydrogens is 367 g/mol. The number of nitrogens with one attached hydrogen (secondary N) is 2. The van der Waals surface area contributed by atoms with Gasteiger partial charge in [0.2, 0.25) is 5.91 Å². The van der Waals surface area contributed by atoms with Gasteiger partial charge in [-0.1, -0.05) is 25.4 Å². The highest BCUT2D eigenvalue weighted by Gasteiger charge is 2.34. The molecule has 8 heteroatoms. The summed E-state index contributed by atoms with van der Waals surface area (Å²) in [4.78, 5) is 14.7. The van der Waals surface area contributed by atoms with Gasteiger partial charge in [-0.2, -0.15) is 13.2 Å². The number of benzene rings is 1. The standard InChI is InChI=1S/C18H25ClF3N3O/c1-11(2)16(17(26)25-7-6-12(10-25)9-23-3)24-15-5-4-13(8-14(15)19)18(20,21)22/h4-5,8,11-12,16,23-24H,6-7,9-10H2,1-3H3. The first kappa shape index (κ1) is 20.8. The van der Waals surface area contributed by atoms with E-state index in [4.69, 9.17) is 11.6 Å². The largest absolute Gasteiger partial charge is 0.416 e. The van der Waals surface area contributed by atoms with E-state index in [1.54, 1.807) is 0 Å². The Morgan fingerprint density at radius 3 is 2.62 bits per heavy atom. The summed E-state index contributed by atoms with van der Waals surface area (Å²) in [7, 11) is 1.88. The van der Waals surface area contributed by atoms with E-state index in [2.05, 4.69) is 10.6 Å². The Hall–Kier alpha value is -1.47. The Morgan fingerprint density at radius 2 is 2.08 bits per heavy atom. The maximum atomic E-state index is 12.9. The summed E-state index contributed by atoms with van der Waals surface area (Å²) in [6.45, 7) is 6.03. The number of anilines is 1. The molecule has 1 aromatic carbocycles. The number of likely N-dealkylation sites (tertiary alicyclic amines) is 1. The fourth-order valence-corrected chi connectivity index (χ4v) is 3.41. The molecular formula is C18H25ClF3N3O. The van der Waals surface area contributed by atoms with Crippen LogP contribution in [-0.4, -0.2) is 43.5 Å². The first-order valence-electron chi connectivity index (χ1n) is 8.70. The predicted molar refractivity (Wildman–Crippen MR) is 97.3 cm³/mol. The summed E-state index contributed by atoms with van der Waals surface area (Å²) in [6, 6.07) is 2.58. The number of alkyl halides is 3. The number of carbonyl (C=O) groups is 1. The lowest BCUT2D eigenvalue weighted by Crippen LogP contribution is -2.45. The average Bonchev–Trinajstić information content (AvgIpc) is 3.01. The highest BCUT2D eigenvalue weighted by molar-refractivity contribution is 6.33. The molecule has 2 atom stereocenters. The molecule has 0 aliphatic carbocycles. The van der Waals surface area contributed by atoms with Crippen LogP contribution in [0.5, 0.6) is 0 Å². The Bertz CT molecular complexity index is 637. The maximum Gasteiger partial charge on any atom is 0.416 e. The lowest BCUT2D eigenvalue weighted by molar-refractivity contribution is -0.137. The van der Waals surface area contributed by atoms with Gasteiger partial charge in [0.05, 0.1) is 16.3 Å². The van der Waals surface area contributed by atoms with Crippen molar-refractivity contribution in [2.75, 3.05) is 32.0 Å². The molecule has 1 amide bonds. The molecule has 0 radical (unpaired) electrons. The molecule has 4 nitrogen and oxygen atoms in total. The number of carbonyl (C=O) groups excluding carboxylic acids is 1. The molecule has 2 unspecified atom stereocenters. The lowest BCUT2D eigenvalue weighted by Gasteiger charge is -2.28. The van der Waals surface area contributed by atoms with Crippen LogP contribution < -0.4 is 10.6 Å². The van der Waals surface area contributed by atoms with Gasteiger partial charge in [0.1, 0.15) is 6.04 Å². The number of rotatable bonds is 6. The fourth-order valence-electron chi connectivity index (χ4n) is 3.17. The van der Waals surface area contributed by atoms with Crippen LogP contribution in [-0.2, 0) is 11.0 Å². The minimum absolute atomic E-state index is 0.0378. The first-order chi connectivity index (χ1) is 12.1. The molecule has 1 saturated heterocycles. The third kappa shape index (κ3) is 5.04. The number of hydrogen-bond acceptors (Lipinski definition) is 3. The second kappa shape index (κ2) is 8.48. The molecule has 0 saturated carbocycles. The Morgan fingerprint density at radius 1 is 1.38 bits per heavy atom. The van der Waals surface area contributed by atoms with Crippen LogP contribution >= 0.6 is 11.6 Å². The van der Waals surface area contributed by atoms with Gasteiger partial charge in [-0.25, -0.2) is 0 Å². The van der Waals surface area contributed by atoms with Crippen molar-refractivity contribution in [2.24, 2.45) is 11.8 Å². The highest BCUT2D eigenvalue weighted by atomic mass is 35.5. The third-order valence-corrected chi connectivity index (χ3v) is 4.94. The predicted octanol–water partition coefficient (Wildman–Crippen LogP) is 3.86. The number of halogens is 4. The van der Waals surface area contributed by atoms with E-state index in [-0.39, 0.29) is 16.8 Å². The zero-order chi connectivity index (χ0) is 19.5. The molecule has 26 heavy (non-hydrogen) atoms. The zero-order valence-electron chi connectivity index (χ0n) is 15.2. The molecule has 0 aromatic heterocycles. The van der Waals surface area contributed by atoms with Gasteiger partial charge < -0.3 is 15.5 Å². The SMILES string of the molecule is CNCC1CCN(C(=O)C(Nc2ccc(C(F)(F)F)cc2Cl)C(C)C)C1. The molecule has 1 heterocycles. The van der Waals surface area contributed by atoms with E-state index in [0.29, 0.717) is 24.7 Å². The van der Waals surface area contributed by atoms with Crippen molar-refractivity contribution in [2.45, 2.75) is 32.5 Å². The molecule has 1 aliphatic heterocycles. The van der Waals surface area contributed by atoms with Gasteiger partial charge >= 0.3 is 6.18 Å². The van der Waals surface area contributed by atoms with Gasteiger partial charge in [0.15, 0.2) is 0 Å². The normalized spacial score (nSPS) is 19.1. The maximum absolute atomic E-state index is 12.9. The van der Waals surface area contributed by atoms with Crippen LogP contribution in [0.25, 0.3) is 0 Å². The molecule has 0 spiro atoms. The van der Waals surface area contributed by atoms with Crippen LogP contribution in [0.4, 0.5) is 18.9 Å². The van der Waals surface area contributed by atoms with Crippen molar-refractivity contribution < 1.29 is 18.0 Å². The Labute approximate surface area is 157 Å². The number of nitrogens with zero attached hydrogens (tertiary/aromatic N) is 1. The lowest BCUT2D eigenvalue weighted by atomic mass is 10.0. The van der Waals surface area contributed by atoms with Gasteiger partial charge in [0, 0.05) is 13.1 Å². The zero-order valence-corrected chi connectivity index (χ0v) is 15.9. The Kier molecular flexibility index (Phi) is 6.80. The molecule has 2 N–H and O–H groups in total. The molecule has 1 aromatic rings. The monoisotopic (exact) mass is 391 g/mol. The van der Waals surface area contributed by atoms with Crippen LogP contribution in [0.3, 0.4) is 0 Å². The van der Waals surface area contributed by atoms with Gasteiger partial charge in [-0.3, -0.25) is 4.79 Å². The van der Waals surface area contributed by atoms with Crippen molar-refractivity contribution in [3.63, 3.8) is 0 Å². The summed E-state index contributed by atoms with van der Waals surface area (Å²) in [5.74, 6) is 0.338. The van der Waals surface area contributed by atoms with Crippen molar-refractivity contribution in [3.05, 3.63) is 28.8 Å². The van der Waals surface area contributed by atoms with E-state index < -0.39 is 17.8 Å². The molecule has 2 rings (SSSR count). The average molecular weight is 392 g/mol. The van der Waals surface area contributed by atoms with E-state index in [9.17, 15) is 18.0 Å². The first-order valence-corrected chi connectivity index (χ1v) is 9.08. The van der Waals surface area contributed by atoms with E-state index in [1.165, 1.54) is 6.07 Å². The highest BCUT2D eigenvalue weighted by Crippen LogP contribution is 2.34. The quantitative estimate of drug-likeness (QED) is 0.773. The molecule has 146 valence electrons. The summed E-state index contributed by atoms with van der Waals surface area (Å²) in [5.41, 5.74) is -0.479. The minimum Gasteiger partial charge on any atom is -0.372 e. The van der Waals surface area contributed by atoms with Crippen LogP contribution in [0, 0.1) is 11.8 Å². The van der Waals surface area contributed by atoms with E-state index in [0.717, 1.165) is 25.1 Å². The van der Waals surface area contributed by atoms with Gasteiger partial charge in [0.25, 0.3) is 0 Å². The minimum atomic E-state index is -4.45. The van der Waals surface area contributed by atoms with Gasteiger partial charge in [-0.05, 0) is 50.0 Å². The summed E-state index contributed by atoms with van der Waals surface area (Å²) in [5, 5.41) is 6.12. The van der Waals surface area contributed by atoms with Crippen LogP contribution in [0.2, 0.25) is 5.02 Å². The summed E-state index contributed by atoms with van der Waals surface area (Å²) >= 11 is 6.02. The van der Waals surface area contributed by atoms with Crippen molar-refractivity contribution in [1.29, 1.82) is 0 Å². The third-order valence-electron chi connectivity index (χ3n) is 4.63. The second-order valence-corrected chi connectivity index (χ2v) is 7.46. The fraction of sp³-hybridized carbons (Fsp3) is 0.611. The van der Waals surface area contributed by atoms with E-state index >= 15 is 0 Å². The van der Waals surface area contributed by atoms with Crippen molar-refractivity contribution in [1.82, 2.24) is 10.2 Å². The molecule has 1 aliphatic rings.